The zero-order valence-electron chi connectivity index (χ0n) is 11.0. The molecule has 0 atom stereocenters. The number of anilines is 1. The highest BCUT2D eigenvalue weighted by Crippen LogP contribution is 2.23. The van der Waals surface area contributed by atoms with Crippen LogP contribution in [0.4, 0.5) is 5.69 Å². The maximum atomic E-state index is 10.8. The van der Waals surface area contributed by atoms with Crippen molar-refractivity contribution in [2.24, 2.45) is 0 Å². The molecule has 0 aliphatic heterocycles. The van der Waals surface area contributed by atoms with Gasteiger partial charge in [-0.05, 0) is 24.4 Å². The minimum Gasteiger partial charge on any atom is -0.495 e. The van der Waals surface area contributed by atoms with E-state index in [1.165, 1.54) is 12.0 Å². The maximum Gasteiger partial charge on any atom is 0.323 e. The maximum absolute atomic E-state index is 10.8. The Labute approximate surface area is 122 Å². The van der Waals surface area contributed by atoms with Crippen molar-refractivity contribution < 1.29 is 14.6 Å². The number of carbonyl (C=O) groups is 1. The largest absolute Gasteiger partial charge is 0.495 e. The number of nitrogens with one attached hydrogen (secondary N) is 1. The van der Waals surface area contributed by atoms with Gasteiger partial charge < -0.3 is 20.1 Å². The van der Waals surface area contributed by atoms with E-state index < -0.39 is 5.97 Å². The monoisotopic (exact) mass is 293 g/mol. The number of para-hydroxylation sites is 2. The molecule has 1 rings (SSSR count). The molecule has 0 saturated carbocycles. The normalized spacial score (nSPS) is 9.40. The molecule has 0 fully saturated rings. The van der Waals surface area contributed by atoms with Gasteiger partial charge in [0.1, 0.15) is 12.3 Å². The minimum atomic E-state index is -1.01. The van der Waals surface area contributed by atoms with Crippen LogP contribution in [0.5, 0.6) is 5.75 Å². The second-order valence-electron chi connectivity index (χ2n) is 3.85. The first kappa shape index (κ1) is 15.7. The Kier molecular flexibility index (Phi) is 6.26. The highest BCUT2D eigenvalue weighted by atomic mass is 32.1. The van der Waals surface area contributed by atoms with Crippen molar-refractivity contribution in [2.75, 3.05) is 25.5 Å². The van der Waals surface area contributed by atoms with E-state index in [0.29, 0.717) is 11.4 Å². The van der Waals surface area contributed by atoms with Crippen molar-refractivity contribution in [1.82, 2.24) is 4.90 Å². The van der Waals surface area contributed by atoms with Gasteiger partial charge in [0.05, 0.1) is 25.3 Å². The molecule has 1 aromatic carbocycles. The number of aliphatic carboxylic acids is 1. The SMILES string of the molecule is COc1ccccc1NC(=S)N(CCC#N)CC(=O)O. The van der Waals surface area contributed by atoms with Crippen molar-refractivity contribution >= 4 is 29.0 Å². The number of ether oxygens (including phenoxy) is 1. The molecule has 0 radical (unpaired) electrons. The van der Waals surface area contributed by atoms with Crippen LogP contribution < -0.4 is 10.1 Å². The van der Waals surface area contributed by atoms with Gasteiger partial charge in [-0.2, -0.15) is 5.26 Å². The van der Waals surface area contributed by atoms with Gasteiger partial charge in [-0.1, -0.05) is 12.1 Å². The second-order valence-corrected chi connectivity index (χ2v) is 4.24. The number of benzene rings is 1. The number of thiocarbonyl (C=S) groups is 1. The van der Waals surface area contributed by atoms with Gasteiger partial charge in [0.15, 0.2) is 5.11 Å². The molecule has 0 unspecified atom stereocenters. The van der Waals surface area contributed by atoms with Gasteiger partial charge in [-0.25, -0.2) is 0 Å². The molecule has 20 heavy (non-hydrogen) atoms. The van der Waals surface area contributed by atoms with Crippen molar-refractivity contribution in [2.45, 2.75) is 6.42 Å². The van der Waals surface area contributed by atoms with E-state index in [9.17, 15) is 4.79 Å². The summed E-state index contributed by atoms with van der Waals surface area (Å²) in [6, 6.07) is 9.13. The van der Waals surface area contributed by atoms with Crippen LogP contribution in [0.2, 0.25) is 0 Å². The van der Waals surface area contributed by atoms with Crippen molar-refractivity contribution in [3.8, 4) is 11.8 Å². The molecule has 0 aliphatic rings. The van der Waals surface area contributed by atoms with Crippen LogP contribution in [0.1, 0.15) is 6.42 Å². The van der Waals surface area contributed by atoms with E-state index in [1.807, 2.05) is 18.2 Å². The lowest BCUT2D eigenvalue weighted by atomic mass is 10.3. The van der Waals surface area contributed by atoms with Gasteiger partial charge >= 0.3 is 5.97 Å². The number of rotatable bonds is 6. The third-order valence-electron chi connectivity index (χ3n) is 2.46. The molecule has 7 heteroatoms. The highest BCUT2D eigenvalue weighted by Gasteiger charge is 2.14. The molecule has 0 heterocycles. The first-order chi connectivity index (χ1) is 9.58. The minimum absolute atomic E-state index is 0.195. The van der Waals surface area contributed by atoms with E-state index >= 15 is 0 Å². The molecular weight excluding hydrogens is 278 g/mol. The lowest BCUT2D eigenvalue weighted by molar-refractivity contribution is -0.137. The summed E-state index contributed by atoms with van der Waals surface area (Å²) in [6.45, 7) is -0.00750. The van der Waals surface area contributed by atoms with Crippen LogP contribution in [0, 0.1) is 11.3 Å². The smallest absolute Gasteiger partial charge is 0.323 e. The lowest BCUT2D eigenvalue weighted by Gasteiger charge is -2.23. The molecule has 1 aromatic rings. The number of carboxylic acids is 1. The molecule has 0 spiro atoms. The molecule has 0 saturated heterocycles. The summed E-state index contributed by atoms with van der Waals surface area (Å²) in [4.78, 5) is 12.2. The molecule has 106 valence electrons. The Hall–Kier alpha value is -2.33. The van der Waals surface area contributed by atoms with Gasteiger partial charge in [-0.3, -0.25) is 4.79 Å². The standard InChI is InChI=1S/C13H15N3O3S/c1-19-11-6-3-2-5-10(11)15-13(20)16(8-4-7-14)9-12(17)18/h2-3,5-6H,4,8-9H2,1H3,(H,15,20)(H,17,18). The first-order valence-corrected chi connectivity index (χ1v) is 6.27. The van der Waals surface area contributed by atoms with Gasteiger partial charge in [0, 0.05) is 6.54 Å². The second kappa shape index (κ2) is 7.96. The Bertz CT molecular complexity index is 528. The molecular formula is C13H15N3O3S. The van der Waals surface area contributed by atoms with Crippen LogP contribution in [0.25, 0.3) is 0 Å². The van der Waals surface area contributed by atoms with Crippen LogP contribution in [0.15, 0.2) is 24.3 Å². The quantitative estimate of drug-likeness (QED) is 0.772. The zero-order valence-corrected chi connectivity index (χ0v) is 11.8. The lowest BCUT2D eigenvalue weighted by Crippen LogP contribution is -2.39. The first-order valence-electron chi connectivity index (χ1n) is 5.86. The summed E-state index contributed by atoms with van der Waals surface area (Å²) in [5.41, 5.74) is 0.646. The zero-order chi connectivity index (χ0) is 15.0. The topological polar surface area (TPSA) is 85.6 Å². The summed E-state index contributed by atoms with van der Waals surface area (Å²) in [5.74, 6) is -0.405. The van der Waals surface area contributed by atoms with Crippen molar-refractivity contribution in [3.63, 3.8) is 0 Å². The van der Waals surface area contributed by atoms with Gasteiger partial charge in [0.2, 0.25) is 0 Å². The Balaban J connectivity index is 2.79. The fourth-order valence-corrected chi connectivity index (χ4v) is 1.81. The summed E-state index contributed by atoms with van der Waals surface area (Å²) in [7, 11) is 1.54. The average Bonchev–Trinajstić information content (AvgIpc) is 2.43. The fraction of sp³-hybridized carbons (Fsp3) is 0.308. The summed E-state index contributed by atoms with van der Waals surface area (Å²) >= 11 is 5.18. The third kappa shape index (κ3) is 4.74. The highest BCUT2D eigenvalue weighted by molar-refractivity contribution is 7.80. The van der Waals surface area contributed by atoms with E-state index in [0.717, 1.165) is 0 Å². The number of hydrogen-bond donors (Lipinski definition) is 2. The fourth-order valence-electron chi connectivity index (χ4n) is 1.54. The van der Waals surface area contributed by atoms with E-state index in [2.05, 4.69) is 5.32 Å². The molecule has 2 N–H and O–H groups in total. The van der Waals surface area contributed by atoms with E-state index in [4.69, 9.17) is 27.3 Å². The number of hydrogen-bond acceptors (Lipinski definition) is 4. The predicted octanol–water partition coefficient (Wildman–Crippen LogP) is 1.69. The third-order valence-corrected chi connectivity index (χ3v) is 2.82. The van der Waals surface area contributed by atoms with Gasteiger partial charge in [0.25, 0.3) is 0 Å². The Morgan fingerprint density at radius 2 is 2.25 bits per heavy atom. The molecule has 0 aromatic heterocycles. The van der Waals surface area contributed by atoms with Crippen LogP contribution in [-0.2, 0) is 4.79 Å². The van der Waals surface area contributed by atoms with E-state index in [-0.39, 0.29) is 24.6 Å². The molecule has 0 amide bonds. The van der Waals surface area contributed by atoms with Crippen molar-refractivity contribution in [3.05, 3.63) is 24.3 Å². The number of nitrogens with zero attached hydrogens (tertiary/aromatic N) is 2. The van der Waals surface area contributed by atoms with Crippen molar-refractivity contribution in [1.29, 1.82) is 5.26 Å². The number of nitriles is 1. The van der Waals surface area contributed by atoms with Crippen LogP contribution >= 0.6 is 12.2 Å². The molecule has 0 bridgehead atoms. The summed E-state index contributed by atoms with van der Waals surface area (Å²) in [5, 5.41) is 20.6. The van der Waals surface area contributed by atoms with E-state index in [1.54, 1.807) is 12.1 Å². The predicted molar refractivity (Wildman–Crippen MR) is 78.7 cm³/mol. The molecule has 6 nitrogen and oxygen atoms in total. The van der Waals surface area contributed by atoms with Crippen LogP contribution in [-0.4, -0.2) is 41.3 Å². The number of methoxy groups -OCH3 is 1. The number of carboxylic acid groups (broad SMARTS) is 1. The molecule has 0 aliphatic carbocycles. The van der Waals surface area contributed by atoms with Gasteiger partial charge in [-0.15, -0.1) is 0 Å². The van der Waals surface area contributed by atoms with Crippen LogP contribution in [0.3, 0.4) is 0 Å². The summed E-state index contributed by atoms with van der Waals surface area (Å²) in [6.07, 6.45) is 0.195. The summed E-state index contributed by atoms with van der Waals surface area (Å²) < 4.78 is 5.18. The average molecular weight is 293 g/mol. The Morgan fingerprint density at radius 3 is 2.85 bits per heavy atom. The Morgan fingerprint density at radius 1 is 1.55 bits per heavy atom.